The van der Waals surface area contributed by atoms with Crippen LogP contribution < -0.4 is 29.8 Å². The van der Waals surface area contributed by atoms with E-state index in [4.69, 9.17) is 28.4 Å². The van der Waals surface area contributed by atoms with Crippen LogP contribution in [0.1, 0.15) is 149 Å². The number of ether oxygens (including phenoxy) is 6. The maximum absolute atomic E-state index is 12.6. The van der Waals surface area contributed by atoms with Crippen LogP contribution in [-0.2, 0) is 9.47 Å². The number of carbonyl (C=O) groups is 2. The van der Waals surface area contributed by atoms with Gasteiger partial charge in [-0.3, -0.25) is 9.59 Å². The highest BCUT2D eigenvalue weighted by Gasteiger charge is 2.47. The summed E-state index contributed by atoms with van der Waals surface area (Å²) in [6.45, 7) is 15.2. The smallest absolute Gasteiger partial charge is 0.341 e. The molecule has 0 amide bonds. The van der Waals surface area contributed by atoms with Crippen LogP contribution in [0.5, 0.6) is 23.0 Å². The van der Waals surface area contributed by atoms with Crippen molar-refractivity contribution < 1.29 is 48.2 Å². The van der Waals surface area contributed by atoms with Gasteiger partial charge < -0.3 is 47.8 Å². The van der Waals surface area contributed by atoms with Gasteiger partial charge in [0, 0.05) is 99.8 Å². The summed E-state index contributed by atoms with van der Waals surface area (Å²) in [5, 5.41) is 19.1. The molecular formula is C52H68N2O12. The van der Waals surface area contributed by atoms with Gasteiger partial charge in [-0.2, -0.15) is 0 Å². The molecule has 2 N–H and O–H groups in total. The lowest BCUT2D eigenvalue weighted by Crippen LogP contribution is -2.40. The zero-order valence-electron chi connectivity index (χ0n) is 40.3. The molecule has 0 saturated heterocycles. The van der Waals surface area contributed by atoms with Crippen LogP contribution in [0.4, 0.5) is 0 Å². The zero-order valence-corrected chi connectivity index (χ0v) is 40.3. The number of aromatic nitrogens is 2. The first-order chi connectivity index (χ1) is 31.6. The van der Waals surface area contributed by atoms with Gasteiger partial charge in [-0.05, 0) is 71.9 Å². The lowest BCUT2D eigenvalue weighted by molar-refractivity contribution is 0.0680. The number of aromatic carboxylic acids is 2. The van der Waals surface area contributed by atoms with Crippen molar-refractivity contribution in [2.75, 3.05) is 54.9 Å². The van der Waals surface area contributed by atoms with Gasteiger partial charge in [0.05, 0.1) is 38.8 Å². The topological polar surface area (TPSA) is 174 Å². The maximum Gasteiger partial charge on any atom is 0.341 e. The quantitative estimate of drug-likeness (QED) is 0.115. The van der Waals surface area contributed by atoms with Gasteiger partial charge >= 0.3 is 11.9 Å². The Hall–Kier alpha value is -5.60. The van der Waals surface area contributed by atoms with Crippen molar-refractivity contribution in [3.05, 3.63) is 91.5 Å². The van der Waals surface area contributed by atoms with E-state index in [9.17, 15) is 29.4 Å². The highest BCUT2D eigenvalue weighted by atomic mass is 16.5. The van der Waals surface area contributed by atoms with Crippen molar-refractivity contribution in [1.82, 2.24) is 9.13 Å². The number of hydrogen-bond donors (Lipinski definition) is 2. The average molecular weight is 913 g/mol. The Morgan fingerprint density at radius 3 is 1.30 bits per heavy atom. The maximum atomic E-state index is 12.6. The largest absolute Gasteiger partial charge is 0.493 e. The van der Waals surface area contributed by atoms with Crippen LogP contribution in [0, 0.1) is 10.8 Å². The van der Waals surface area contributed by atoms with Crippen LogP contribution in [0.25, 0.3) is 22.5 Å². The van der Waals surface area contributed by atoms with E-state index in [0.717, 1.165) is 85.0 Å². The second-order valence-electron chi connectivity index (χ2n) is 18.7. The molecular weight excluding hydrogens is 845 g/mol. The number of hydrogen-bond acceptors (Lipinski definition) is 10. The average Bonchev–Trinajstić information content (AvgIpc) is 3.28. The Kier molecular flexibility index (Phi) is 15.8. The number of fused-ring (bicyclic) bond motifs is 12. The Bertz CT molecular complexity index is 2350. The van der Waals surface area contributed by atoms with Crippen molar-refractivity contribution in [2.24, 2.45) is 10.8 Å². The lowest BCUT2D eigenvalue weighted by Gasteiger charge is -2.49. The van der Waals surface area contributed by atoms with E-state index in [1.54, 1.807) is 28.4 Å². The molecule has 358 valence electrons. The Labute approximate surface area is 387 Å². The van der Waals surface area contributed by atoms with Crippen LogP contribution in [0.2, 0.25) is 0 Å². The van der Waals surface area contributed by atoms with Gasteiger partial charge in [0.2, 0.25) is 0 Å². The Balaban J connectivity index is 0.000000210. The number of pyridine rings is 2. The van der Waals surface area contributed by atoms with Crippen LogP contribution in [0.15, 0.2) is 58.4 Å². The molecule has 4 heterocycles. The van der Waals surface area contributed by atoms with E-state index >= 15 is 0 Å². The fourth-order valence-corrected chi connectivity index (χ4v) is 10.9. The van der Waals surface area contributed by atoms with Crippen molar-refractivity contribution in [1.29, 1.82) is 0 Å². The summed E-state index contributed by atoms with van der Waals surface area (Å²) in [4.78, 5) is 48.7. The fourth-order valence-electron chi connectivity index (χ4n) is 10.9. The first kappa shape index (κ1) is 49.8. The molecule has 2 aliphatic carbocycles. The van der Waals surface area contributed by atoms with E-state index in [1.807, 2.05) is 35.1 Å². The molecule has 2 saturated carbocycles. The first-order valence-corrected chi connectivity index (χ1v) is 23.2. The second-order valence-corrected chi connectivity index (χ2v) is 18.7. The lowest BCUT2D eigenvalue weighted by atomic mass is 9.63. The normalized spacial score (nSPS) is 20.1. The van der Waals surface area contributed by atoms with Gasteiger partial charge in [-0.25, -0.2) is 9.59 Å². The molecule has 8 rings (SSSR count). The molecule has 2 fully saturated rings. The minimum absolute atomic E-state index is 0.0483. The number of rotatable bonds is 14. The summed E-state index contributed by atoms with van der Waals surface area (Å²) in [6.07, 6.45) is 10.8. The highest BCUT2D eigenvalue weighted by Crippen LogP contribution is 2.59. The summed E-state index contributed by atoms with van der Waals surface area (Å²) in [5.41, 5.74) is 4.06. The van der Waals surface area contributed by atoms with Gasteiger partial charge in [0.1, 0.15) is 11.1 Å². The van der Waals surface area contributed by atoms with E-state index < -0.39 is 22.8 Å². The molecule has 4 aliphatic rings. The third kappa shape index (κ3) is 9.76. The number of carboxylic acids is 2. The molecule has 14 heteroatoms. The second kappa shape index (κ2) is 20.9. The molecule has 0 bridgehead atoms. The zero-order chi connectivity index (χ0) is 48.1. The molecule has 66 heavy (non-hydrogen) atoms. The predicted molar refractivity (Wildman–Crippen MR) is 253 cm³/mol. The third-order valence-electron chi connectivity index (χ3n) is 13.8. The molecule has 4 aromatic rings. The Morgan fingerprint density at radius 2 is 0.970 bits per heavy atom. The summed E-state index contributed by atoms with van der Waals surface area (Å²) in [6, 6.07) is 11.0. The van der Waals surface area contributed by atoms with Crippen molar-refractivity contribution >= 4 is 11.9 Å². The minimum atomic E-state index is -1.20. The molecule has 2 aliphatic heterocycles. The number of methoxy groups -OCH3 is 4. The third-order valence-corrected chi connectivity index (χ3v) is 13.8. The first-order valence-electron chi connectivity index (χ1n) is 23.2. The molecule has 2 aromatic heterocycles. The van der Waals surface area contributed by atoms with Gasteiger partial charge in [-0.1, -0.05) is 54.4 Å². The number of nitrogens with zero attached hydrogens (tertiary/aromatic N) is 2. The summed E-state index contributed by atoms with van der Waals surface area (Å²) in [5.74, 6) is 0.546. The monoisotopic (exact) mass is 912 g/mol. The van der Waals surface area contributed by atoms with E-state index in [1.165, 1.54) is 24.5 Å². The summed E-state index contributed by atoms with van der Waals surface area (Å²) < 4.78 is 37.6. The van der Waals surface area contributed by atoms with Gasteiger partial charge in [-0.15, -0.1) is 0 Å². The molecule has 14 nitrogen and oxygen atoms in total. The minimum Gasteiger partial charge on any atom is -0.493 e. The molecule has 0 spiro atoms. The van der Waals surface area contributed by atoms with Crippen molar-refractivity contribution in [2.45, 2.75) is 117 Å². The fraction of sp³-hybridized carbons (Fsp3) is 0.538. The standard InChI is InChI=1S/2C25H31NO6.C2H6/c2*1-25(2)8-5-7-15-16-11-22(32-10-6-9-30-3)21(31-4)12-17(16)19-13-20(27)18(24(28)29)14-26(19)23(15)25;1-2/h2*11-15,23H,5-10H2,1-4H3,(H,28,29);1-2H3. The number of benzene rings is 2. The van der Waals surface area contributed by atoms with Crippen molar-refractivity contribution in [3.8, 4) is 45.5 Å². The Morgan fingerprint density at radius 1 is 0.591 bits per heavy atom. The molecule has 2 aromatic carbocycles. The SMILES string of the molecule is CC.COCCCOc1cc2c(cc1OC)-c1cc(=O)c(C(=O)O)cn1C1C2CCCC1(C)C.COCCCOc1cc2c(cc1OC)-c1cc(=O)c(C(=O)O)cn1C1C2CCCC1(C)C. The summed E-state index contributed by atoms with van der Waals surface area (Å²) >= 11 is 0. The predicted octanol–water partition coefficient (Wildman–Crippen LogP) is 10.00. The molecule has 0 radical (unpaired) electrons. The van der Waals surface area contributed by atoms with Crippen molar-refractivity contribution in [3.63, 3.8) is 0 Å². The molecule has 4 unspecified atom stereocenters. The highest BCUT2D eigenvalue weighted by molar-refractivity contribution is 5.88. The van der Waals surface area contributed by atoms with Gasteiger partial charge in [0.25, 0.3) is 0 Å². The molecule has 4 atom stereocenters. The summed E-state index contributed by atoms with van der Waals surface area (Å²) in [7, 11) is 6.53. The van der Waals surface area contributed by atoms with E-state index in [0.29, 0.717) is 49.4 Å². The van der Waals surface area contributed by atoms with Crippen LogP contribution in [-0.4, -0.2) is 86.2 Å². The van der Waals surface area contributed by atoms with Crippen LogP contribution >= 0.6 is 0 Å². The van der Waals surface area contributed by atoms with Gasteiger partial charge in [0.15, 0.2) is 33.9 Å². The number of carboxylic acid groups (broad SMARTS) is 2. The van der Waals surface area contributed by atoms with E-state index in [-0.39, 0.29) is 45.9 Å². The van der Waals surface area contributed by atoms with Crippen LogP contribution in [0.3, 0.4) is 0 Å². The van der Waals surface area contributed by atoms with E-state index in [2.05, 4.69) is 39.8 Å².